The van der Waals surface area contributed by atoms with Gasteiger partial charge in [-0.2, -0.15) is 23.1 Å². The molecular formula is C16H18F3N5O6S. The molecule has 0 aliphatic rings. The highest BCUT2D eigenvalue weighted by molar-refractivity contribution is 7.90. The molecule has 1 heterocycles. The number of amides is 2. The third-order valence-electron chi connectivity index (χ3n) is 3.19. The highest BCUT2D eigenvalue weighted by Gasteiger charge is 2.29. The number of benzene rings is 1. The van der Waals surface area contributed by atoms with E-state index in [4.69, 9.17) is 9.47 Å². The number of halogens is 3. The van der Waals surface area contributed by atoms with Gasteiger partial charge in [0.25, 0.3) is 10.0 Å². The Hall–Kier alpha value is -3.36. The minimum absolute atomic E-state index is 0.0364. The van der Waals surface area contributed by atoms with Crippen molar-refractivity contribution in [1.82, 2.24) is 19.7 Å². The summed E-state index contributed by atoms with van der Waals surface area (Å²) in [6.45, 7) is 0.386. The van der Waals surface area contributed by atoms with Crippen LogP contribution in [0.4, 0.5) is 23.9 Å². The maximum Gasteiger partial charge on any atom is 0.422 e. The van der Waals surface area contributed by atoms with E-state index in [0.717, 1.165) is 7.11 Å². The van der Waals surface area contributed by atoms with Crippen molar-refractivity contribution >= 4 is 22.0 Å². The molecule has 2 N–H and O–H groups in total. The highest BCUT2D eigenvalue weighted by atomic mass is 32.2. The first-order valence-electron chi connectivity index (χ1n) is 8.59. The number of carbonyl (C=O) groups is 1. The average molecular weight is 465 g/mol. The van der Waals surface area contributed by atoms with Gasteiger partial charge < -0.3 is 14.2 Å². The SMILES string of the molecule is CCCOc1ccccc1S(=O)(=O)NC(=O)Nc1nc(OC)nc(OCC(F)(F)F)n1. The first-order valence-corrected chi connectivity index (χ1v) is 10.1. The molecule has 0 unspecified atom stereocenters. The Morgan fingerprint density at radius 3 is 2.42 bits per heavy atom. The Kier molecular flexibility index (Phi) is 7.79. The number of sulfonamides is 1. The maximum absolute atomic E-state index is 12.5. The molecule has 0 aliphatic heterocycles. The molecule has 0 bridgehead atoms. The van der Waals surface area contributed by atoms with E-state index in [0.29, 0.717) is 6.42 Å². The van der Waals surface area contributed by atoms with E-state index < -0.39 is 46.8 Å². The van der Waals surface area contributed by atoms with Crippen molar-refractivity contribution in [1.29, 1.82) is 0 Å². The maximum atomic E-state index is 12.5. The molecule has 1 aromatic heterocycles. The molecule has 0 atom stereocenters. The van der Waals surface area contributed by atoms with Gasteiger partial charge in [0.1, 0.15) is 10.6 Å². The van der Waals surface area contributed by atoms with Gasteiger partial charge in [-0.1, -0.05) is 19.1 Å². The zero-order valence-electron chi connectivity index (χ0n) is 16.3. The largest absolute Gasteiger partial charge is 0.492 e. The van der Waals surface area contributed by atoms with Crippen LogP contribution in [0.25, 0.3) is 0 Å². The summed E-state index contributed by atoms with van der Waals surface area (Å²) in [7, 11) is -3.25. The Labute approximate surface area is 175 Å². The number of aromatic nitrogens is 3. The number of rotatable bonds is 9. The average Bonchev–Trinajstić information content (AvgIpc) is 2.69. The molecule has 2 amide bonds. The predicted octanol–water partition coefficient (Wildman–Crippen LogP) is 2.12. The molecule has 31 heavy (non-hydrogen) atoms. The topological polar surface area (TPSA) is 142 Å². The predicted molar refractivity (Wildman–Crippen MR) is 99.5 cm³/mol. The van der Waals surface area contributed by atoms with Crippen LogP contribution >= 0.6 is 0 Å². The summed E-state index contributed by atoms with van der Waals surface area (Å²) in [5, 5.41) is 1.97. The smallest absolute Gasteiger partial charge is 0.422 e. The summed E-state index contributed by atoms with van der Waals surface area (Å²) in [6.07, 6.45) is -4.03. The van der Waals surface area contributed by atoms with E-state index >= 15 is 0 Å². The molecule has 170 valence electrons. The summed E-state index contributed by atoms with van der Waals surface area (Å²) in [5.41, 5.74) is 0. The number of nitrogens with one attached hydrogen (secondary N) is 2. The fraction of sp³-hybridized carbons (Fsp3) is 0.375. The summed E-state index contributed by atoms with van der Waals surface area (Å²) in [5.74, 6) is -0.568. The number of methoxy groups -OCH3 is 1. The molecule has 11 nitrogen and oxygen atoms in total. The number of nitrogens with zero attached hydrogens (tertiary/aromatic N) is 3. The van der Waals surface area contributed by atoms with E-state index in [1.165, 1.54) is 18.2 Å². The number of carbonyl (C=O) groups excluding carboxylic acids is 1. The normalized spacial score (nSPS) is 11.5. The van der Waals surface area contributed by atoms with E-state index in [1.807, 2.05) is 12.2 Å². The Morgan fingerprint density at radius 1 is 1.10 bits per heavy atom. The first-order chi connectivity index (χ1) is 14.5. The van der Waals surface area contributed by atoms with Crippen molar-refractivity contribution in [2.24, 2.45) is 0 Å². The lowest BCUT2D eigenvalue weighted by Gasteiger charge is -2.13. The minimum atomic E-state index is -4.66. The molecule has 2 rings (SSSR count). The molecule has 2 aromatic rings. The van der Waals surface area contributed by atoms with Crippen molar-refractivity contribution in [2.45, 2.75) is 24.4 Å². The quantitative estimate of drug-likeness (QED) is 0.569. The number of para-hydroxylation sites is 1. The van der Waals surface area contributed by atoms with Crippen LogP contribution in [0.15, 0.2) is 29.2 Å². The van der Waals surface area contributed by atoms with Gasteiger partial charge in [0.05, 0.1) is 13.7 Å². The lowest BCUT2D eigenvalue weighted by molar-refractivity contribution is -0.154. The van der Waals surface area contributed by atoms with Crippen molar-refractivity contribution in [3.8, 4) is 17.8 Å². The van der Waals surface area contributed by atoms with Gasteiger partial charge in [-0.3, -0.25) is 5.32 Å². The first kappa shape index (κ1) is 23.9. The molecule has 0 radical (unpaired) electrons. The molecule has 0 aliphatic carbocycles. The number of ether oxygens (including phenoxy) is 3. The number of alkyl halides is 3. The summed E-state index contributed by atoms with van der Waals surface area (Å²) in [4.78, 5) is 22.4. The second-order valence-electron chi connectivity index (χ2n) is 5.69. The zero-order chi connectivity index (χ0) is 23.1. The van der Waals surface area contributed by atoms with Crippen LogP contribution in [-0.4, -0.2) is 55.9 Å². The van der Waals surface area contributed by atoms with Crippen LogP contribution < -0.4 is 24.2 Å². The van der Waals surface area contributed by atoms with Crippen LogP contribution in [0.3, 0.4) is 0 Å². The van der Waals surface area contributed by atoms with Crippen LogP contribution in [0.1, 0.15) is 13.3 Å². The molecule has 15 heteroatoms. The fourth-order valence-corrected chi connectivity index (χ4v) is 3.06. The van der Waals surface area contributed by atoms with Gasteiger partial charge >= 0.3 is 24.2 Å². The van der Waals surface area contributed by atoms with Crippen molar-refractivity contribution < 1.29 is 40.6 Å². The van der Waals surface area contributed by atoms with E-state index in [9.17, 15) is 26.4 Å². The molecule has 1 aromatic carbocycles. The van der Waals surface area contributed by atoms with E-state index in [-0.39, 0.29) is 17.3 Å². The van der Waals surface area contributed by atoms with Gasteiger partial charge in [-0.25, -0.2) is 17.9 Å². The van der Waals surface area contributed by atoms with Crippen LogP contribution in [0.5, 0.6) is 17.8 Å². The van der Waals surface area contributed by atoms with Gasteiger partial charge in [-0.05, 0) is 18.6 Å². The Bertz CT molecular complexity index is 1020. The van der Waals surface area contributed by atoms with Crippen molar-refractivity contribution in [3.05, 3.63) is 24.3 Å². The molecule has 0 fully saturated rings. The fourth-order valence-electron chi connectivity index (χ4n) is 2.00. The Balaban J connectivity index is 2.16. The summed E-state index contributed by atoms with van der Waals surface area (Å²) < 4.78 is 78.2. The minimum Gasteiger partial charge on any atom is -0.492 e. The van der Waals surface area contributed by atoms with Gasteiger partial charge in [0.15, 0.2) is 6.61 Å². The number of hydrogen-bond donors (Lipinski definition) is 2. The summed E-state index contributed by atoms with van der Waals surface area (Å²) >= 11 is 0. The standard InChI is InChI=1S/C16H18F3N5O6S/c1-3-8-29-10-6-4-5-7-11(10)31(26,27)24-13(25)20-12-21-14(28-2)23-15(22-12)30-9-16(17,18)19/h4-7H,3,8-9H2,1-2H3,(H2,20,21,22,23,24,25). The van der Waals surface area contributed by atoms with E-state index in [1.54, 1.807) is 10.8 Å². The van der Waals surface area contributed by atoms with E-state index in [2.05, 4.69) is 19.7 Å². The highest BCUT2D eigenvalue weighted by Crippen LogP contribution is 2.23. The monoisotopic (exact) mass is 465 g/mol. The van der Waals surface area contributed by atoms with Crippen LogP contribution in [-0.2, 0) is 10.0 Å². The molecular weight excluding hydrogens is 447 g/mol. The van der Waals surface area contributed by atoms with Gasteiger partial charge in [-0.15, -0.1) is 4.98 Å². The third-order valence-corrected chi connectivity index (χ3v) is 4.57. The molecule has 0 saturated heterocycles. The van der Waals surface area contributed by atoms with Gasteiger partial charge in [0, 0.05) is 0 Å². The molecule has 0 saturated carbocycles. The lowest BCUT2D eigenvalue weighted by Crippen LogP contribution is -2.35. The third kappa shape index (κ3) is 7.44. The molecule has 0 spiro atoms. The zero-order valence-corrected chi connectivity index (χ0v) is 17.1. The van der Waals surface area contributed by atoms with Gasteiger partial charge in [0.2, 0.25) is 5.95 Å². The Morgan fingerprint density at radius 2 is 1.77 bits per heavy atom. The van der Waals surface area contributed by atoms with Crippen molar-refractivity contribution in [3.63, 3.8) is 0 Å². The number of hydrogen-bond acceptors (Lipinski definition) is 9. The number of anilines is 1. The number of urea groups is 1. The van der Waals surface area contributed by atoms with Crippen LogP contribution in [0, 0.1) is 0 Å². The second kappa shape index (κ2) is 10.1. The van der Waals surface area contributed by atoms with Crippen LogP contribution in [0.2, 0.25) is 0 Å². The lowest BCUT2D eigenvalue weighted by atomic mass is 10.3. The second-order valence-corrected chi connectivity index (χ2v) is 7.34. The summed E-state index contributed by atoms with van der Waals surface area (Å²) in [6, 6.07) is 3.10. The van der Waals surface area contributed by atoms with Crippen molar-refractivity contribution in [2.75, 3.05) is 25.6 Å².